The van der Waals surface area contributed by atoms with E-state index in [0.717, 1.165) is 11.1 Å². The fraction of sp³-hybridized carbons (Fsp3) is 0.350. The lowest BCUT2D eigenvalue weighted by Crippen LogP contribution is -2.44. The maximum Gasteiger partial charge on any atom is 0.223 e. The molecule has 0 unspecified atom stereocenters. The molecule has 0 radical (unpaired) electrons. The molecule has 0 bridgehead atoms. The van der Waals surface area contributed by atoms with E-state index >= 15 is 0 Å². The minimum Gasteiger partial charge on any atom is -0.392 e. The Kier molecular flexibility index (Phi) is 5.28. The Labute approximate surface area is 142 Å². The van der Waals surface area contributed by atoms with Crippen LogP contribution in [0, 0.1) is 5.92 Å². The van der Waals surface area contributed by atoms with E-state index in [2.05, 4.69) is 29.6 Å². The second-order valence-corrected chi connectivity index (χ2v) is 6.52. The molecule has 4 N–H and O–H groups in total. The third-order valence-electron chi connectivity index (χ3n) is 4.76. The molecule has 1 aliphatic carbocycles. The average Bonchev–Trinajstić information content (AvgIpc) is 2.63. The SMILES string of the molecule is N[C@@H]1C[C@@H](C(=O)NCc2ccc(-c3ccccc3)cc2)CC[C@H]1O. The van der Waals surface area contributed by atoms with Crippen molar-refractivity contribution in [2.45, 2.75) is 38.0 Å². The van der Waals surface area contributed by atoms with Gasteiger partial charge >= 0.3 is 0 Å². The number of hydrogen-bond donors (Lipinski definition) is 3. The zero-order valence-corrected chi connectivity index (χ0v) is 13.7. The van der Waals surface area contributed by atoms with Crippen LogP contribution < -0.4 is 11.1 Å². The number of rotatable bonds is 4. The van der Waals surface area contributed by atoms with E-state index in [0.29, 0.717) is 25.8 Å². The second kappa shape index (κ2) is 7.60. The quantitative estimate of drug-likeness (QED) is 0.808. The number of hydrogen-bond acceptors (Lipinski definition) is 3. The van der Waals surface area contributed by atoms with Gasteiger partial charge in [0, 0.05) is 18.5 Å². The predicted octanol–water partition coefficient (Wildman–Crippen LogP) is 2.46. The molecular formula is C20H24N2O2. The molecule has 3 rings (SSSR count). The van der Waals surface area contributed by atoms with E-state index < -0.39 is 6.10 Å². The van der Waals surface area contributed by atoms with Crippen LogP contribution in [0.1, 0.15) is 24.8 Å². The molecule has 2 aromatic carbocycles. The van der Waals surface area contributed by atoms with Crippen LogP contribution in [-0.4, -0.2) is 23.2 Å². The maximum atomic E-state index is 12.3. The summed E-state index contributed by atoms with van der Waals surface area (Å²) < 4.78 is 0. The number of aliphatic hydroxyl groups excluding tert-OH is 1. The molecular weight excluding hydrogens is 300 g/mol. The van der Waals surface area contributed by atoms with E-state index in [1.807, 2.05) is 30.3 Å². The molecule has 2 aromatic rings. The van der Waals surface area contributed by atoms with Crippen LogP contribution in [0.15, 0.2) is 54.6 Å². The van der Waals surface area contributed by atoms with Crippen LogP contribution in [-0.2, 0) is 11.3 Å². The van der Waals surface area contributed by atoms with Gasteiger partial charge in [0.25, 0.3) is 0 Å². The fourth-order valence-electron chi connectivity index (χ4n) is 3.21. The van der Waals surface area contributed by atoms with Gasteiger partial charge in [-0.15, -0.1) is 0 Å². The Morgan fingerprint density at radius 2 is 1.71 bits per heavy atom. The minimum atomic E-state index is -0.473. The molecule has 0 aromatic heterocycles. The van der Waals surface area contributed by atoms with Gasteiger partial charge in [0.1, 0.15) is 0 Å². The Morgan fingerprint density at radius 3 is 2.38 bits per heavy atom. The molecule has 0 saturated heterocycles. The van der Waals surface area contributed by atoms with Crippen LogP contribution in [0.25, 0.3) is 11.1 Å². The van der Waals surface area contributed by atoms with E-state index in [1.165, 1.54) is 5.56 Å². The summed E-state index contributed by atoms with van der Waals surface area (Å²) in [6, 6.07) is 18.1. The standard InChI is InChI=1S/C20H24N2O2/c21-18-12-17(10-11-19(18)23)20(24)22-13-14-6-8-16(9-7-14)15-4-2-1-3-5-15/h1-9,17-19,23H,10-13,21H2,(H,22,24)/t17-,18+,19+/m0/s1. The smallest absolute Gasteiger partial charge is 0.223 e. The zero-order chi connectivity index (χ0) is 16.9. The van der Waals surface area contributed by atoms with Crippen molar-refractivity contribution in [2.75, 3.05) is 0 Å². The maximum absolute atomic E-state index is 12.3. The molecule has 126 valence electrons. The lowest BCUT2D eigenvalue weighted by Gasteiger charge is -2.30. The van der Waals surface area contributed by atoms with E-state index in [-0.39, 0.29) is 17.9 Å². The lowest BCUT2D eigenvalue weighted by atomic mass is 9.83. The summed E-state index contributed by atoms with van der Waals surface area (Å²) in [5, 5.41) is 12.6. The third-order valence-corrected chi connectivity index (χ3v) is 4.76. The highest BCUT2D eigenvalue weighted by Gasteiger charge is 2.30. The summed E-state index contributed by atoms with van der Waals surface area (Å²) in [7, 11) is 0. The van der Waals surface area contributed by atoms with Crippen LogP contribution in [0.5, 0.6) is 0 Å². The number of benzene rings is 2. The molecule has 4 heteroatoms. The highest BCUT2D eigenvalue weighted by molar-refractivity contribution is 5.78. The first-order valence-electron chi connectivity index (χ1n) is 8.49. The largest absolute Gasteiger partial charge is 0.392 e. The number of carbonyl (C=O) groups excluding carboxylic acids is 1. The van der Waals surface area contributed by atoms with Gasteiger partial charge in [0.05, 0.1) is 6.10 Å². The third kappa shape index (κ3) is 4.02. The highest BCUT2D eigenvalue weighted by atomic mass is 16.3. The van der Waals surface area contributed by atoms with Crippen molar-refractivity contribution in [3.05, 3.63) is 60.2 Å². The van der Waals surface area contributed by atoms with Crippen molar-refractivity contribution >= 4 is 5.91 Å². The van der Waals surface area contributed by atoms with Crippen molar-refractivity contribution in [1.82, 2.24) is 5.32 Å². The van der Waals surface area contributed by atoms with Gasteiger partial charge in [0.2, 0.25) is 5.91 Å². The Hall–Kier alpha value is -2.17. The Bertz CT molecular complexity index is 670. The van der Waals surface area contributed by atoms with E-state index in [4.69, 9.17) is 5.73 Å². The van der Waals surface area contributed by atoms with Crippen molar-refractivity contribution in [1.29, 1.82) is 0 Å². The van der Waals surface area contributed by atoms with E-state index in [1.54, 1.807) is 0 Å². The first kappa shape index (κ1) is 16.7. The molecule has 0 spiro atoms. The zero-order valence-electron chi connectivity index (χ0n) is 13.7. The van der Waals surface area contributed by atoms with Crippen LogP contribution >= 0.6 is 0 Å². The Balaban J connectivity index is 1.54. The van der Waals surface area contributed by atoms with Crippen LogP contribution in [0.4, 0.5) is 0 Å². The summed E-state index contributed by atoms with van der Waals surface area (Å²) in [5.74, 6) is -0.0588. The van der Waals surface area contributed by atoms with Crippen molar-refractivity contribution < 1.29 is 9.90 Å². The van der Waals surface area contributed by atoms with Crippen LogP contribution in [0.3, 0.4) is 0 Å². The summed E-state index contributed by atoms with van der Waals surface area (Å²) in [6.07, 6.45) is 1.39. The van der Waals surface area contributed by atoms with Gasteiger partial charge in [-0.05, 0) is 36.0 Å². The van der Waals surface area contributed by atoms with Gasteiger partial charge in [-0.1, -0.05) is 54.6 Å². The number of amides is 1. The summed E-state index contributed by atoms with van der Waals surface area (Å²) in [5.41, 5.74) is 9.28. The fourth-order valence-corrected chi connectivity index (χ4v) is 3.21. The molecule has 0 aliphatic heterocycles. The molecule has 1 saturated carbocycles. The van der Waals surface area contributed by atoms with E-state index in [9.17, 15) is 9.90 Å². The first-order valence-corrected chi connectivity index (χ1v) is 8.49. The van der Waals surface area contributed by atoms with Crippen molar-refractivity contribution in [3.63, 3.8) is 0 Å². The molecule has 1 amide bonds. The minimum absolute atomic E-state index is 0.0319. The van der Waals surface area contributed by atoms with Gasteiger partial charge in [-0.3, -0.25) is 4.79 Å². The average molecular weight is 324 g/mol. The lowest BCUT2D eigenvalue weighted by molar-refractivity contribution is -0.127. The van der Waals surface area contributed by atoms with Gasteiger partial charge in [0.15, 0.2) is 0 Å². The normalized spacial score (nSPS) is 23.7. The van der Waals surface area contributed by atoms with Gasteiger partial charge in [-0.2, -0.15) is 0 Å². The molecule has 0 heterocycles. The van der Waals surface area contributed by atoms with Crippen molar-refractivity contribution in [2.24, 2.45) is 11.7 Å². The topological polar surface area (TPSA) is 75.4 Å². The number of nitrogens with two attached hydrogens (primary N) is 1. The molecule has 24 heavy (non-hydrogen) atoms. The number of carbonyl (C=O) groups is 1. The summed E-state index contributed by atoms with van der Waals surface area (Å²) in [6.45, 7) is 0.516. The van der Waals surface area contributed by atoms with Gasteiger partial charge < -0.3 is 16.2 Å². The molecule has 4 nitrogen and oxygen atoms in total. The van der Waals surface area contributed by atoms with Crippen molar-refractivity contribution in [3.8, 4) is 11.1 Å². The number of aliphatic hydroxyl groups is 1. The van der Waals surface area contributed by atoms with Gasteiger partial charge in [-0.25, -0.2) is 0 Å². The second-order valence-electron chi connectivity index (χ2n) is 6.52. The molecule has 1 fully saturated rings. The molecule has 1 aliphatic rings. The monoisotopic (exact) mass is 324 g/mol. The Morgan fingerprint density at radius 1 is 1.04 bits per heavy atom. The molecule has 3 atom stereocenters. The summed E-state index contributed by atoms with van der Waals surface area (Å²) in [4.78, 5) is 12.3. The van der Waals surface area contributed by atoms with Crippen LogP contribution in [0.2, 0.25) is 0 Å². The predicted molar refractivity (Wildman–Crippen MR) is 95.0 cm³/mol. The number of nitrogens with one attached hydrogen (secondary N) is 1. The first-order chi connectivity index (χ1) is 11.6. The summed E-state index contributed by atoms with van der Waals surface area (Å²) >= 11 is 0. The highest BCUT2D eigenvalue weighted by Crippen LogP contribution is 2.24.